The minimum absolute atomic E-state index is 0.0541. The molecule has 0 saturated heterocycles. The molecule has 0 amide bonds. The summed E-state index contributed by atoms with van der Waals surface area (Å²) < 4.78 is 5.48. The molecular weight excluding hydrogens is 270 g/mol. The van der Waals surface area contributed by atoms with Gasteiger partial charge in [0.25, 0.3) is 0 Å². The van der Waals surface area contributed by atoms with Crippen LogP contribution in [0.1, 0.15) is 18.0 Å². The third-order valence-corrected chi connectivity index (χ3v) is 3.50. The second-order valence-electron chi connectivity index (χ2n) is 4.78. The molecule has 5 nitrogen and oxygen atoms in total. The lowest BCUT2D eigenvalue weighted by Gasteiger charge is -2.05. The molecule has 0 aliphatic carbocycles. The molecule has 0 saturated carbocycles. The molecule has 0 spiro atoms. The largest absolute Gasteiger partial charge is 0.481 e. The Labute approximate surface area is 120 Å². The molecule has 0 fully saturated rings. The first-order valence-electron chi connectivity index (χ1n) is 6.52. The molecule has 1 atom stereocenters. The Morgan fingerprint density at radius 2 is 2.19 bits per heavy atom. The third-order valence-electron chi connectivity index (χ3n) is 3.50. The van der Waals surface area contributed by atoms with Gasteiger partial charge in [-0.05, 0) is 12.1 Å². The van der Waals surface area contributed by atoms with Crippen molar-refractivity contribution in [3.63, 3.8) is 0 Å². The topological polar surface area (TPSA) is 83.3 Å². The summed E-state index contributed by atoms with van der Waals surface area (Å²) in [5.41, 5.74) is 3.02. The molecule has 0 bridgehead atoms. The number of aliphatic carboxylic acids is 1. The number of carboxylic acids is 1. The first kappa shape index (κ1) is 13.2. The fourth-order valence-corrected chi connectivity index (χ4v) is 2.43. The highest BCUT2D eigenvalue weighted by Crippen LogP contribution is 2.32. The summed E-state index contributed by atoms with van der Waals surface area (Å²) >= 11 is 0. The molecule has 3 aromatic rings. The van der Waals surface area contributed by atoms with Crippen LogP contribution in [0.4, 0.5) is 0 Å². The van der Waals surface area contributed by atoms with E-state index in [-0.39, 0.29) is 6.42 Å². The molecule has 2 heterocycles. The Kier molecular flexibility index (Phi) is 3.31. The summed E-state index contributed by atoms with van der Waals surface area (Å²) in [5, 5.41) is 10.1. The maximum Gasteiger partial charge on any atom is 0.312 e. The van der Waals surface area contributed by atoms with Crippen LogP contribution in [0.15, 0.2) is 47.2 Å². The second kappa shape index (κ2) is 5.28. The highest BCUT2D eigenvalue weighted by Gasteiger charge is 2.21. The van der Waals surface area contributed by atoms with E-state index in [0.29, 0.717) is 12.0 Å². The molecule has 21 heavy (non-hydrogen) atoms. The predicted octanol–water partition coefficient (Wildman–Crippen LogP) is 3.19. The number of furan rings is 1. The fraction of sp³-hybridized carbons (Fsp3) is 0.125. The zero-order valence-corrected chi connectivity index (χ0v) is 11.1. The summed E-state index contributed by atoms with van der Waals surface area (Å²) in [4.78, 5) is 24.8. The molecule has 1 aromatic carbocycles. The number of aldehydes is 1. The molecular formula is C16H13NO4. The van der Waals surface area contributed by atoms with E-state index in [0.717, 1.165) is 22.1 Å². The van der Waals surface area contributed by atoms with Crippen molar-refractivity contribution in [3.8, 4) is 11.1 Å². The van der Waals surface area contributed by atoms with Gasteiger partial charge in [-0.1, -0.05) is 18.2 Å². The van der Waals surface area contributed by atoms with Gasteiger partial charge in [-0.15, -0.1) is 0 Å². The molecule has 5 heteroatoms. The number of hydrogen-bond acceptors (Lipinski definition) is 3. The van der Waals surface area contributed by atoms with Crippen LogP contribution in [0.5, 0.6) is 0 Å². The fourth-order valence-electron chi connectivity index (χ4n) is 2.43. The van der Waals surface area contributed by atoms with Gasteiger partial charge in [0.1, 0.15) is 17.8 Å². The zero-order valence-electron chi connectivity index (χ0n) is 11.1. The smallest absolute Gasteiger partial charge is 0.312 e. The lowest BCUT2D eigenvalue weighted by Crippen LogP contribution is -2.12. The minimum atomic E-state index is -1.02. The average Bonchev–Trinajstić information content (AvgIpc) is 3.10. The standard InChI is InChI=1S/C16H13NO4/c18-6-5-12(16(19)20)14-7-10(8-17-14)13-9-21-15-4-2-1-3-11(13)15/h1-4,6-9,12,17H,5H2,(H,19,20). The Balaban J connectivity index is 2.01. The maximum atomic E-state index is 11.2. The number of hydrogen-bond donors (Lipinski definition) is 2. The number of aromatic nitrogens is 1. The van der Waals surface area contributed by atoms with Gasteiger partial charge in [0.05, 0.1) is 6.26 Å². The second-order valence-corrected chi connectivity index (χ2v) is 4.78. The summed E-state index contributed by atoms with van der Waals surface area (Å²) in [6.45, 7) is 0. The highest BCUT2D eigenvalue weighted by atomic mass is 16.4. The van der Waals surface area contributed by atoms with Crippen LogP contribution in [-0.2, 0) is 9.59 Å². The molecule has 3 rings (SSSR count). The number of rotatable bonds is 5. The number of H-pyrrole nitrogens is 1. The summed E-state index contributed by atoms with van der Waals surface area (Å²) in [7, 11) is 0. The van der Waals surface area contributed by atoms with Crippen LogP contribution < -0.4 is 0 Å². The van der Waals surface area contributed by atoms with Gasteiger partial charge in [-0.3, -0.25) is 4.79 Å². The summed E-state index contributed by atoms with van der Waals surface area (Å²) in [5.74, 6) is -1.87. The SMILES string of the molecule is O=CCC(C(=O)O)c1cc(-c2coc3ccccc23)c[nH]1. The molecule has 2 N–H and O–H groups in total. The van der Waals surface area contributed by atoms with Crippen molar-refractivity contribution in [2.75, 3.05) is 0 Å². The van der Waals surface area contributed by atoms with Crippen molar-refractivity contribution in [1.29, 1.82) is 0 Å². The first-order valence-corrected chi connectivity index (χ1v) is 6.52. The molecule has 0 aliphatic rings. The lowest BCUT2D eigenvalue weighted by atomic mass is 10.0. The normalized spacial score (nSPS) is 12.4. The average molecular weight is 283 g/mol. The van der Waals surface area contributed by atoms with Gasteiger partial charge in [0, 0.05) is 34.8 Å². The van der Waals surface area contributed by atoms with E-state index in [1.165, 1.54) is 0 Å². The van der Waals surface area contributed by atoms with Crippen molar-refractivity contribution >= 4 is 23.2 Å². The number of fused-ring (bicyclic) bond motifs is 1. The maximum absolute atomic E-state index is 11.2. The number of carbonyl (C=O) groups excluding carboxylic acids is 1. The molecule has 0 aliphatic heterocycles. The predicted molar refractivity (Wildman–Crippen MR) is 77.1 cm³/mol. The number of carbonyl (C=O) groups is 2. The van der Waals surface area contributed by atoms with Crippen LogP contribution in [0.25, 0.3) is 22.1 Å². The van der Waals surface area contributed by atoms with Gasteiger partial charge in [-0.25, -0.2) is 0 Å². The van der Waals surface area contributed by atoms with Crippen LogP contribution >= 0.6 is 0 Å². The van der Waals surface area contributed by atoms with Crippen LogP contribution in [0, 0.1) is 0 Å². The van der Waals surface area contributed by atoms with E-state index >= 15 is 0 Å². The Hall–Kier alpha value is -2.82. The van der Waals surface area contributed by atoms with Gasteiger partial charge >= 0.3 is 5.97 Å². The Morgan fingerprint density at radius 3 is 2.95 bits per heavy atom. The number of benzene rings is 1. The number of nitrogens with one attached hydrogen (secondary N) is 1. The van der Waals surface area contributed by atoms with E-state index in [2.05, 4.69) is 4.98 Å². The molecule has 106 valence electrons. The summed E-state index contributed by atoms with van der Waals surface area (Å²) in [6, 6.07) is 9.38. The summed E-state index contributed by atoms with van der Waals surface area (Å²) in [6.07, 6.45) is 3.94. The van der Waals surface area contributed by atoms with Gasteiger partial charge in [0.2, 0.25) is 0 Å². The molecule has 0 radical (unpaired) electrons. The van der Waals surface area contributed by atoms with Crippen LogP contribution in [0.3, 0.4) is 0 Å². The van der Waals surface area contributed by atoms with Gasteiger partial charge < -0.3 is 19.3 Å². The molecule has 1 unspecified atom stereocenters. The van der Waals surface area contributed by atoms with E-state index in [9.17, 15) is 14.7 Å². The quantitative estimate of drug-likeness (QED) is 0.704. The van der Waals surface area contributed by atoms with E-state index in [1.807, 2.05) is 24.3 Å². The zero-order chi connectivity index (χ0) is 14.8. The van der Waals surface area contributed by atoms with Crippen molar-refractivity contribution in [2.24, 2.45) is 0 Å². The Morgan fingerprint density at radius 1 is 1.38 bits per heavy atom. The van der Waals surface area contributed by atoms with Crippen LogP contribution in [-0.4, -0.2) is 22.3 Å². The van der Waals surface area contributed by atoms with Crippen molar-refractivity contribution < 1.29 is 19.1 Å². The van der Waals surface area contributed by atoms with Crippen LogP contribution in [0.2, 0.25) is 0 Å². The van der Waals surface area contributed by atoms with Gasteiger partial charge in [0.15, 0.2) is 0 Å². The van der Waals surface area contributed by atoms with E-state index in [4.69, 9.17) is 4.42 Å². The minimum Gasteiger partial charge on any atom is -0.481 e. The van der Waals surface area contributed by atoms with Gasteiger partial charge in [-0.2, -0.15) is 0 Å². The van der Waals surface area contributed by atoms with E-state index < -0.39 is 11.9 Å². The van der Waals surface area contributed by atoms with Crippen molar-refractivity contribution in [2.45, 2.75) is 12.3 Å². The lowest BCUT2D eigenvalue weighted by molar-refractivity contribution is -0.139. The van der Waals surface area contributed by atoms with Crippen molar-refractivity contribution in [1.82, 2.24) is 4.98 Å². The third kappa shape index (κ3) is 2.33. The first-order chi connectivity index (χ1) is 10.2. The Bertz CT molecular complexity index is 799. The number of aromatic amines is 1. The van der Waals surface area contributed by atoms with E-state index in [1.54, 1.807) is 18.5 Å². The molecule has 2 aromatic heterocycles. The monoisotopic (exact) mass is 283 g/mol. The highest BCUT2D eigenvalue weighted by molar-refractivity contribution is 5.94. The number of para-hydroxylation sites is 1. The number of carboxylic acid groups (broad SMARTS) is 1. The van der Waals surface area contributed by atoms with Crippen molar-refractivity contribution in [3.05, 3.63) is 48.5 Å².